The van der Waals surface area contributed by atoms with Gasteiger partial charge in [-0.3, -0.25) is 4.55 Å². The van der Waals surface area contributed by atoms with Gasteiger partial charge in [-0.25, -0.2) is 0 Å². The van der Waals surface area contributed by atoms with Crippen LogP contribution in [0.15, 0.2) is 0 Å². The molecule has 0 aromatic rings. The summed E-state index contributed by atoms with van der Waals surface area (Å²) in [6, 6.07) is 0. The molecule has 0 aliphatic heterocycles. The van der Waals surface area contributed by atoms with Gasteiger partial charge in [0, 0.05) is 5.54 Å². The lowest BCUT2D eigenvalue weighted by molar-refractivity contribution is -0.00640. The van der Waals surface area contributed by atoms with E-state index >= 15 is 0 Å². The fourth-order valence-electron chi connectivity index (χ4n) is 5.25. The van der Waals surface area contributed by atoms with E-state index in [-0.39, 0.29) is 11.3 Å². The van der Waals surface area contributed by atoms with E-state index in [0.29, 0.717) is 18.4 Å². The molecule has 2 saturated carbocycles. The van der Waals surface area contributed by atoms with E-state index in [1.165, 1.54) is 32.1 Å². The topological polar surface area (TPSA) is 66.4 Å². The van der Waals surface area contributed by atoms with Crippen molar-refractivity contribution in [1.29, 1.82) is 0 Å². The summed E-state index contributed by atoms with van der Waals surface area (Å²) in [6.45, 7) is 7.76. The largest absolute Gasteiger partial charge is 0.311 e. The normalized spacial score (nSPS) is 41.6. The van der Waals surface area contributed by atoms with E-state index < -0.39 is 10.1 Å². The fourth-order valence-corrected chi connectivity index (χ4v) is 5.76. The summed E-state index contributed by atoms with van der Waals surface area (Å²) in [5, 5.41) is 3.65. The summed E-state index contributed by atoms with van der Waals surface area (Å²) < 4.78 is 30.4. The number of fused-ring (bicyclic) bond motifs is 2. The number of hydrogen-bond acceptors (Lipinski definition) is 3. The zero-order chi connectivity index (χ0) is 15.0. The third kappa shape index (κ3) is 4.18. The van der Waals surface area contributed by atoms with Crippen molar-refractivity contribution in [3.63, 3.8) is 0 Å². The van der Waals surface area contributed by atoms with Crippen LogP contribution in [0.25, 0.3) is 0 Å². The molecule has 2 unspecified atom stereocenters. The van der Waals surface area contributed by atoms with Crippen molar-refractivity contribution in [2.24, 2.45) is 17.3 Å². The first-order valence-electron chi connectivity index (χ1n) is 7.82. The van der Waals surface area contributed by atoms with Gasteiger partial charge in [-0.05, 0) is 62.3 Å². The number of rotatable bonds is 5. The van der Waals surface area contributed by atoms with E-state index in [2.05, 4.69) is 26.1 Å². The van der Waals surface area contributed by atoms with Gasteiger partial charge >= 0.3 is 0 Å². The molecule has 0 saturated heterocycles. The number of nitrogens with one attached hydrogen (secondary N) is 1. The van der Waals surface area contributed by atoms with Crippen LogP contribution in [0.4, 0.5) is 0 Å². The minimum Gasteiger partial charge on any atom is -0.311 e. The summed E-state index contributed by atoms with van der Waals surface area (Å²) in [4.78, 5) is 0. The van der Waals surface area contributed by atoms with Gasteiger partial charge in [0.25, 0.3) is 10.1 Å². The van der Waals surface area contributed by atoms with E-state index in [0.717, 1.165) is 11.8 Å². The molecule has 0 heterocycles. The van der Waals surface area contributed by atoms with Crippen molar-refractivity contribution >= 4 is 10.1 Å². The molecule has 0 spiro atoms. The average molecular weight is 303 g/mol. The Labute approximate surface area is 123 Å². The molecule has 2 fully saturated rings. The van der Waals surface area contributed by atoms with Crippen molar-refractivity contribution in [2.75, 3.05) is 12.3 Å². The molecule has 0 aromatic heterocycles. The van der Waals surface area contributed by atoms with Gasteiger partial charge in [0.15, 0.2) is 0 Å². The van der Waals surface area contributed by atoms with Gasteiger partial charge in [-0.2, -0.15) is 8.42 Å². The molecule has 0 aromatic carbocycles. The van der Waals surface area contributed by atoms with Crippen LogP contribution >= 0.6 is 0 Å². The lowest BCUT2D eigenvalue weighted by atomic mass is 9.54. The lowest BCUT2D eigenvalue weighted by Crippen LogP contribution is -2.57. The van der Waals surface area contributed by atoms with Crippen LogP contribution in [0.5, 0.6) is 0 Å². The molecular formula is C15H29NO3S. The molecule has 20 heavy (non-hydrogen) atoms. The SMILES string of the molecule is CC1CC2(C)CC(C)CC(NCCCS(=O)(=O)O)(C1)C2. The van der Waals surface area contributed by atoms with Gasteiger partial charge in [0.05, 0.1) is 5.75 Å². The Morgan fingerprint density at radius 2 is 1.70 bits per heavy atom. The second-order valence-electron chi connectivity index (χ2n) is 7.86. The van der Waals surface area contributed by atoms with Gasteiger partial charge in [0.2, 0.25) is 0 Å². The van der Waals surface area contributed by atoms with Crippen LogP contribution in [-0.4, -0.2) is 30.8 Å². The van der Waals surface area contributed by atoms with Crippen LogP contribution in [0.3, 0.4) is 0 Å². The van der Waals surface area contributed by atoms with Crippen molar-refractivity contribution < 1.29 is 13.0 Å². The molecule has 118 valence electrons. The van der Waals surface area contributed by atoms with Crippen molar-refractivity contribution in [3.05, 3.63) is 0 Å². The smallest absolute Gasteiger partial charge is 0.264 e. The molecule has 2 aliphatic rings. The highest BCUT2D eigenvalue weighted by Gasteiger charge is 2.49. The standard InChI is InChI=1S/C15H29NO3S/c1-12-7-14(3)8-13(2)10-15(9-12,11-14)16-5-4-6-20(17,18)19/h12-13,16H,4-11H2,1-3H3,(H,17,18,19). The van der Waals surface area contributed by atoms with Gasteiger partial charge in [0.1, 0.15) is 0 Å². The van der Waals surface area contributed by atoms with Crippen LogP contribution < -0.4 is 5.32 Å². The van der Waals surface area contributed by atoms with E-state index in [4.69, 9.17) is 4.55 Å². The second-order valence-corrected chi connectivity index (χ2v) is 9.43. The zero-order valence-electron chi connectivity index (χ0n) is 13.0. The third-order valence-corrected chi connectivity index (χ3v) is 5.81. The van der Waals surface area contributed by atoms with E-state index in [1.807, 2.05) is 0 Å². The maximum Gasteiger partial charge on any atom is 0.264 e. The highest BCUT2D eigenvalue weighted by atomic mass is 32.2. The van der Waals surface area contributed by atoms with Crippen LogP contribution in [0.2, 0.25) is 0 Å². The second kappa shape index (κ2) is 5.58. The maximum atomic E-state index is 10.8. The quantitative estimate of drug-likeness (QED) is 0.605. The van der Waals surface area contributed by atoms with Gasteiger partial charge in [-0.1, -0.05) is 20.8 Å². The van der Waals surface area contributed by atoms with Gasteiger partial charge in [-0.15, -0.1) is 0 Å². The van der Waals surface area contributed by atoms with Crippen LogP contribution in [0.1, 0.15) is 59.3 Å². The average Bonchev–Trinajstić information content (AvgIpc) is 2.19. The molecule has 0 amide bonds. The summed E-state index contributed by atoms with van der Waals surface area (Å²) in [6.07, 6.45) is 6.70. The molecule has 0 radical (unpaired) electrons. The third-order valence-electron chi connectivity index (χ3n) is 5.01. The zero-order valence-corrected chi connectivity index (χ0v) is 13.8. The Kier molecular flexibility index (Phi) is 4.53. The molecule has 2 atom stereocenters. The predicted molar refractivity (Wildman–Crippen MR) is 81.3 cm³/mol. The minimum absolute atomic E-state index is 0.140. The van der Waals surface area contributed by atoms with Crippen LogP contribution in [-0.2, 0) is 10.1 Å². The Hall–Kier alpha value is -0.130. The summed E-state index contributed by atoms with van der Waals surface area (Å²) in [5.41, 5.74) is 0.620. The maximum absolute atomic E-state index is 10.8. The Morgan fingerprint density at radius 3 is 2.20 bits per heavy atom. The Bertz CT molecular complexity index is 432. The van der Waals surface area contributed by atoms with E-state index in [1.54, 1.807) is 0 Å². The highest BCUT2D eigenvalue weighted by Crippen LogP contribution is 2.54. The van der Waals surface area contributed by atoms with Crippen molar-refractivity contribution in [3.8, 4) is 0 Å². The molecule has 5 heteroatoms. The first-order valence-corrected chi connectivity index (χ1v) is 9.43. The fraction of sp³-hybridized carbons (Fsp3) is 1.00. The molecule has 2 N–H and O–H groups in total. The monoisotopic (exact) mass is 303 g/mol. The molecule has 2 rings (SSSR count). The summed E-state index contributed by atoms with van der Waals surface area (Å²) in [7, 11) is -3.82. The summed E-state index contributed by atoms with van der Waals surface area (Å²) >= 11 is 0. The van der Waals surface area contributed by atoms with Gasteiger partial charge < -0.3 is 5.32 Å². The Balaban J connectivity index is 1.96. The highest BCUT2D eigenvalue weighted by molar-refractivity contribution is 7.85. The molecule has 2 aliphatic carbocycles. The Morgan fingerprint density at radius 1 is 1.15 bits per heavy atom. The molecular weight excluding hydrogens is 274 g/mol. The number of hydrogen-bond donors (Lipinski definition) is 2. The molecule has 4 nitrogen and oxygen atoms in total. The van der Waals surface area contributed by atoms with Crippen molar-refractivity contribution in [2.45, 2.75) is 64.8 Å². The summed E-state index contributed by atoms with van der Waals surface area (Å²) in [5.74, 6) is 1.32. The van der Waals surface area contributed by atoms with E-state index in [9.17, 15) is 8.42 Å². The predicted octanol–water partition coefficient (Wildman–Crippen LogP) is 2.85. The first kappa shape index (κ1) is 16.2. The minimum atomic E-state index is -3.82. The van der Waals surface area contributed by atoms with Crippen LogP contribution in [0, 0.1) is 17.3 Å². The first-order chi connectivity index (χ1) is 9.12. The molecule has 2 bridgehead atoms. The van der Waals surface area contributed by atoms with Crippen molar-refractivity contribution in [1.82, 2.24) is 5.32 Å². The lowest BCUT2D eigenvalue weighted by Gasteiger charge is -2.55.